The number of carboxylic acid groups (broad SMARTS) is 1. The molecule has 0 fully saturated rings. The van der Waals surface area contributed by atoms with Gasteiger partial charge in [-0.2, -0.15) is 0 Å². The van der Waals surface area contributed by atoms with Crippen LogP contribution in [0.25, 0.3) is 0 Å². The fraction of sp³-hybridized carbons (Fsp3) is 0.267. The van der Waals surface area contributed by atoms with Crippen molar-refractivity contribution in [2.75, 3.05) is 24.3 Å². The first-order chi connectivity index (χ1) is 9.49. The number of aromatic carboxylic acids is 1. The van der Waals surface area contributed by atoms with Crippen molar-refractivity contribution in [2.24, 2.45) is 0 Å². The monoisotopic (exact) mass is 290 g/mol. The molecular weight excluding hydrogens is 272 g/mol. The number of rotatable bonds is 5. The summed E-state index contributed by atoms with van der Waals surface area (Å²) in [6.45, 7) is 2.58. The number of nitrogens with one attached hydrogen (secondary N) is 1. The smallest absolute Gasteiger partial charge is 0.345 e. The zero-order chi connectivity index (χ0) is 14.7. The average Bonchev–Trinajstić information content (AvgIpc) is 2.78. The molecule has 0 bridgehead atoms. The third-order valence-electron chi connectivity index (χ3n) is 3.09. The van der Waals surface area contributed by atoms with E-state index >= 15 is 0 Å². The van der Waals surface area contributed by atoms with E-state index in [4.69, 9.17) is 5.11 Å². The Morgan fingerprint density at radius 3 is 2.65 bits per heavy atom. The Balaban J connectivity index is 2.15. The third-order valence-corrected chi connectivity index (χ3v) is 4.17. The number of benzene rings is 1. The van der Waals surface area contributed by atoms with E-state index in [1.54, 1.807) is 6.07 Å². The van der Waals surface area contributed by atoms with Gasteiger partial charge in [0.2, 0.25) is 0 Å². The van der Waals surface area contributed by atoms with E-state index in [1.165, 1.54) is 11.3 Å². The van der Waals surface area contributed by atoms with Crippen LogP contribution in [0.2, 0.25) is 0 Å². The Labute approximate surface area is 122 Å². The first kappa shape index (κ1) is 14.4. The summed E-state index contributed by atoms with van der Waals surface area (Å²) >= 11 is 1.32. The lowest BCUT2D eigenvalue weighted by Gasteiger charge is -2.18. The molecule has 2 aromatic rings. The Morgan fingerprint density at radius 1 is 1.35 bits per heavy atom. The van der Waals surface area contributed by atoms with Crippen molar-refractivity contribution in [2.45, 2.75) is 13.5 Å². The van der Waals surface area contributed by atoms with Crippen molar-refractivity contribution in [1.29, 1.82) is 0 Å². The van der Waals surface area contributed by atoms with E-state index in [2.05, 4.69) is 5.32 Å². The topological polar surface area (TPSA) is 52.6 Å². The summed E-state index contributed by atoms with van der Waals surface area (Å²) in [5.41, 5.74) is 3.18. The lowest BCUT2D eigenvalue weighted by atomic mass is 10.2. The van der Waals surface area contributed by atoms with Crippen LogP contribution in [0.3, 0.4) is 0 Å². The van der Waals surface area contributed by atoms with E-state index in [9.17, 15) is 4.79 Å². The predicted molar refractivity (Wildman–Crippen MR) is 84.1 cm³/mol. The molecule has 0 amide bonds. The van der Waals surface area contributed by atoms with Gasteiger partial charge in [-0.1, -0.05) is 12.1 Å². The molecule has 1 aromatic heterocycles. The number of aryl methyl sites for hydroxylation is 1. The number of hydrogen-bond acceptors (Lipinski definition) is 4. The predicted octanol–water partition coefficient (Wildman–Crippen LogP) is 3.43. The molecule has 5 heteroatoms. The fourth-order valence-electron chi connectivity index (χ4n) is 2.00. The lowest BCUT2D eigenvalue weighted by Crippen LogP contribution is -2.12. The Hall–Kier alpha value is -2.01. The molecule has 0 unspecified atom stereocenters. The maximum atomic E-state index is 11.0. The molecule has 1 aromatic carbocycles. The molecule has 0 saturated heterocycles. The van der Waals surface area contributed by atoms with E-state index in [0.29, 0.717) is 11.4 Å². The second-order valence-corrected chi connectivity index (χ2v) is 6.02. The van der Waals surface area contributed by atoms with Crippen LogP contribution in [0.15, 0.2) is 30.3 Å². The highest BCUT2D eigenvalue weighted by atomic mass is 32.1. The number of hydrogen-bond donors (Lipinski definition) is 2. The van der Waals surface area contributed by atoms with Gasteiger partial charge in [-0.05, 0) is 30.7 Å². The van der Waals surface area contributed by atoms with Crippen LogP contribution in [0, 0.1) is 6.92 Å². The van der Waals surface area contributed by atoms with E-state index in [-0.39, 0.29) is 0 Å². The minimum atomic E-state index is -0.863. The molecule has 2 rings (SSSR count). The molecule has 4 nitrogen and oxygen atoms in total. The molecule has 0 radical (unpaired) electrons. The van der Waals surface area contributed by atoms with Crippen LogP contribution in [0.1, 0.15) is 20.1 Å². The standard InChI is InChI=1S/C15H18N2O2S/c1-10-11(8-14(20-10)15(18)19)9-16-12-6-4-5-7-13(12)17(2)3/h4-8,16H,9H2,1-3H3,(H,18,19). The van der Waals surface area contributed by atoms with Crippen molar-refractivity contribution >= 4 is 28.7 Å². The summed E-state index contributed by atoms with van der Waals surface area (Å²) in [7, 11) is 4.00. The second-order valence-electron chi connectivity index (χ2n) is 4.76. The normalized spacial score (nSPS) is 10.3. The summed E-state index contributed by atoms with van der Waals surface area (Å²) in [5, 5.41) is 12.4. The van der Waals surface area contributed by atoms with E-state index in [1.807, 2.05) is 50.2 Å². The van der Waals surface area contributed by atoms with Crippen molar-refractivity contribution < 1.29 is 9.90 Å². The zero-order valence-corrected chi connectivity index (χ0v) is 12.6. The molecule has 0 spiro atoms. The number of carboxylic acids is 1. The molecule has 20 heavy (non-hydrogen) atoms. The van der Waals surface area contributed by atoms with Crippen LogP contribution in [0.4, 0.5) is 11.4 Å². The molecule has 0 aliphatic rings. The number of nitrogens with zero attached hydrogens (tertiary/aromatic N) is 1. The highest BCUT2D eigenvalue weighted by molar-refractivity contribution is 7.14. The average molecular weight is 290 g/mol. The maximum absolute atomic E-state index is 11.0. The number of para-hydroxylation sites is 2. The van der Waals surface area contributed by atoms with Crippen LogP contribution in [-0.4, -0.2) is 25.2 Å². The van der Waals surface area contributed by atoms with Crippen LogP contribution in [-0.2, 0) is 6.54 Å². The van der Waals surface area contributed by atoms with E-state index in [0.717, 1.165) is 21.8 Å². The molecule has 0 aliphatic heterocycles. The summed E-state index contributed by atoms with van der Waals surface area (Å²) in [5.74, 6) is -0.863. The SMILES string of the molecule is Cc1sc(C(=O)O)cc1CNc1ccccc1N(C)C. The van der Waals surface area contributed by atoms with E-state index < -0.39 is 5.97 Å². The Morgan fingerprint density at radius 2 is 2.05 bits per heavy atom. The van der Waals surface area contributed by atoms with Crippen molar-refractivity contribution in [3.63, 3.8) is 0 Å². The van der Waals surface area contributed by atoms with Gasteiger partial charge in [0.15, 0.2) is 0 Å². The summed E-state index contributed by atoms with van der Waals surface area (Å²) < 4.78 is 0. The second kappa shape index (κ2) is 5.96. The first-order valence-electron chi connectivity index (χ1n) is 6.32. The minimum absolute atomic E-state index is 0.389. The Bertz CT molecular complexity index is 620. The fourth-order valence-corrected chi connectivity index (χ4v) is 2.88. The molecular formula is C15H18N2O2S. The highest BCUT2D eigenvalue weighted by Crippen LogP contribution is 2.26. The van der Waals surface area contributed by atoms with Gasteiger partial charge in [-0.15, -0.1) is 11.3 Å². The number of anilines is 2. The maximum Gasteiger partial charge on any atom is 0.345 e. The molecule has 2 N–H and O–H groups in total. The zero-order valence-electron chi connectivity index (χ0n) is 11.8. The highest BCUT2D eigenvalue weighted by Gasteiger charge is 2.11. The lowest BCUT2D eigenvalue weighted by molar-refractivity contribution is 0.0702. The van der Waals surface area contributed by atoms with Crippen LogP contribution >= 0.6 is 11.3 Å². The number of carbonyl (C=O) groups is 1. The Kier molecular flexibility index (Phi) is 4.29. The minimum Gasteiger partial charge on any atom is -0.477 e. The van der Waals surface area contributed by atoms with Gasteiger partial charge in [0.05, 0.1) is 11.4 Å². The largest absolute Gasteiger partial charge is 0.477 e. The summed E-state index contributed by atoms with van der Waals surface area (Å²) in [4.78, 5) is 14.4. The van der Waals surface area contributed by atoms with Gasteiger partial charge >= 0.3 is 5.97 Å². The summed E-state index contributed by atoms with van der Waals surface area (Å²) in [6.07, 6.45) is 0. The molecule has 0 atom stereocenters. The van der Waals surface area contributed by atoms with Gasteiger partial charge in [-0.3, -0.25) is 0 Å². The van der Waals surface area contributed by atoms with Gasteiger partial charge in [-0.25, -0.2) is 4.79 Å². The molecule has 0 aliphatic carbocycles. The number of thiophene rings is 1. The molecule has 1 heterocycles. The van der Waals surface area contributed by atoms with Gasteiger partial charge in [0.1, 0.15) is 4.88 Å². The van der Waals surface area contributed by atoms with Gasteiger partial charge < -0.3 is 15.3 Å². The van der Waals surface area contributed by atoms with Gasteiger partial charge in [0, 0.05) is 25.5 Å². The van der Waals surface area contributed by atoms with Crippen LogP contribution in [0.5, 0.6) is 0 Å². The van der Waals surface area contributed by atoms with Crippen molar-refractivity contribution in [3.8, 4) is 0 Å². The molecule has 106 valence electrons. The van der Waals surface area contributed by atoms with Gasteiger partial charge in [0.25, 0.3) is 0 Å². The quantitative estimate of drug-likeness (QED) is 0.886. The molecule has 0 saturated carbocycles. The first-order valence-corrected chi connectivity index (χ1v) is 7.13. The summed E-state index contributed by atoms with van der Waals surface area (Å²) in [6, 6.07) is 9.80. The van der Waals surface area contributed by atoms with Crippen molar-refractivity contribution in [1.82, 2.24) is 0 Å². The third kappa shape index (κ3) is 3.11. The van der Waals surface area contributed by atoms with Crippen molar-refractivity contribution in [3.05, 3.63) is 45.6 Å². The van der Waals surface area contributed by atoms with Crippen LogP contribution < -0.4 is 10.2 Å².